The molecule has 0 radical (unpaired) electrons. The van der Waals surface area contributed by atoms with E-state index in [-0.39, 0.29) is 23.2 Å². The highest BCUT2D eigenvalue weighted by atomic mass is 32.2. The van der Waals surface area contributed by atoms with Gasteiger partial charge in [-0.1, -0.05) is 6.42 Å². The van der Waals surface area contributed by atoms with Crippen LogP contribution in [0, 0.1) is 11.6 Å². The number of halogens is 2. The van der Waals surface area contributed by atoms with Crippen molar-refractivity contribution in [3.63, 3.8) is 0 Å². The van der Waals surface area contributed by atoms with Gasteiger partial charge in [0.05, 0.1) is 6.61 Å². The van der Waals surface area contributed by atoms with E-state index in [2.05, 4.69) is 5.32 Å². The Morgan fingerprint density at radius 2 is 2.10 bits per heavy atom. The van der Waals surface area contributed by atoms with Crippen LogP contribution in [0.4, 0.5) is 8.78 Å². The van der Waals surface area contributed by atoms with Gasteiger partial charge in [-0.15, -0.1) is 11.8 Å². The minimum Gasteiger partial charge on any atom is -0.394 e. The molecule has 0 aliphatic heterocycles. The predicted molar refractivity (Wildman–Crippen MR) is 80.4 cm³/mol. The van der Waals surface area contributed by atoms with E-state index < -0.39 is 5.82 Å². The first kappa shape index (κ1) is 15.3. The van der Waals surface area contributed by atoms with Crippen LogP contribution in [-0.2, 0) is 0 Å². The summed E-state index contributed by atoms with van der Waals surface area (Å²) in [6, 6.07) is 4.13. The zero-order valence-electron chi connectivity index (χ0n) is 11.9. The molecule has 5 heteroatoms. The molecule has 2 atom stereocenters. The van der Waals surface area contributed by atoms with Gasteiger partial charge in [-0.2, -0.15) is 0 Å². The van der Waals surface area contributed by atoms with Crippen molar-refractivity contribution in [2.75, 3.05) is 6.61 Å². The molecule has 2 aliphatic rings. The van der Waals surface area contributed by atoms with Gasteiger partial charge in [0.2, 0.25) is 0 Å². The fourth-order valence-electron chi connectivity index (χ4n) is 3.14. The fourth-order valence-corrected chi connectivity index (χ4v) is 4.54. The molecule has 2 nitrogen and oxygen atoms in total. The van der Waals surface area contributed by atoms with Crippen LogP contribution in [0.5, 0.6) is 0 Å². The molecule has 0 aromatic heterocycles. The van der Waals surface area contributed by atoms with Crippen molar-refractivity contribution in [3.8, 4) is 0 Å². The monoisotopic (exact) mass is 313 g/mol. The Hall–Kier alpha value is -0.650. The smallest absolute Gasteiger partial charge is 0.136 e. The predicted octanol–water partition coefficient (Wildman–Crippen LogP) is 3.48. The van der Waals surface area contributed by atoms with Gasteiger partial charge in [0.25, 0.3) is 0 Å². The van der Waals surface area contributed by atoms with E-state index in [1.165, 1.54) is 36.7 Å². The van der Waals surface area contributed by atoms with Crippen LogP contribution >= 0.6 is 11.8 Å². The standard InChI is InChI=1S/C16H21F2NOS/c17-11-3-6-14(18)15(8-11)21-13-2-1-7-16(9-13,10-20)19-12-4-5-12/h3,6,8,12-13,19-20H,1-2,4-5,7,9-10H2. The fraction of sp³-hybridized carbons (Fsp3) is 0.625. The number of aliphatic hydroxyl groups is 1. The lowest BCUT2D eigenvalue weighted by Gasteiger charge is -2.40. The van der Waals surface area contributed by atoms with Crippen LogP contribution in [0.15, 0.2) is 23.1 Å². The number of hydrogen-bond acceptors (Lipinski definition) is 3. The van der Waals surface area contributed by atoms with Crippen LogP contribution in [-0.4, -0.2) is 28.5 Å². The van der Waals surface area contributed by atoms with Gasteiger partial charge in [-0.05, 0) is 50.3 Å². The molecule has 0 heterocycles. The number of thioether (sulfide) groups is 1. The van der Waals surface area contributed by atoms with Crippen molar-refractivity contribution >= 4 is 11.8 Å². The van der Waals surface area contributed by atoms with Crippen molar-refractivity contribution in [3.05, 3.63) is 29.8 Å². The van der Waals surface area contributed by atoms with E-state index in [9.17, 15) is 13.9 Å². The second-order valence-electron chi connectivity index (χ2n) is 6.27. The van der Waals surface area contributed by atoms with Gasteiger partial charge in [0.1, 0.15) is 11.6 Å². The third-order valence-electron chi connectivity index (χ3n) is 4.38. The first-order valence-electron chi connectivity index (χ1n) is 7.60. The van der Waals surface area contributed by atoms with E-state index in [1.807, 2.05) is 0 Å². The number of benzene rings is 1. The minimum atomic E-state index is -0.403. The maximum Gasteiger partial charge on any atom is 0.136 e. The molecule has 1 aromatic carbocycles. The molecule has 0 amide bonds. The van der Waals surface area contributed by atoms with Gasteiger partial charge in [-0.3, -0.25) is 0 Å². The molecule has 2 unspecified atom stereocenters. The number of aliphatic hydroxyl groups excluding tert-OH is 1. The van der Waals surface area contributed by atoms with Crippen molar-refractivity contribution in [1.82, 2.24) is 5.32 Å². The molecule has 3 rings (SSSR count). The Morgan fingerprint density at radius 3 is 2.81 bits per heavy atom. The second-order valence-corrected chi connectivity index (χ2v) is 7.61. The average molecular weight is 313 g/mol. The van der Waals surface area contributed by atoms with Crippen LogP contribution in [0.1, 0.15) is 38.5 Å². The normalized spacial score (nSPS) is 29.6. The summed E-state index contributed by atoms with van der Waals surface area (Å²) in [6.07, 6.45) is 6.11. The summed E-state index contributed by atoms with van der Waals surface area (Å²) in [6.45, 7) is 0.117. The summed E-state index contributed by atoms with van der Waals surface area (Å²) in [5.41, 5.74) is -0.235. The molecule has 1 aromatic rings. The maximum atomic E-state index is 13.8. The van der Waals surface area contributed by atoms with Crippen molar-refractivity contribution in [2.45, 2.75) is 60.3 Å². The summed E-state index contributed by atoms with van der Waals surface area (Å²) in [7, 11) is 0. The highest BCUT2D eigenvalue weighted by molar-refractivity contribution is 8.00. The van der Waals surface area contributed by atoms with Crippen LogP contribution in [0.3, 0.4) is 0 Å². The Bertz CT molecular complexity index is 509. The lowest BCUT2D eigenvalue weighted by molar-refractivity contribution is 0.122. The first-order valence-corrected chi connectivity index (χ1v) is 8.48. The van der Waals surface area contributed by atoms with E-state index in [0.29, 0.717) is 10.9 Å². The lowest BCUT2D eigenvalue weighted by Crippen LogP contribution is -2.53. The average Bonchev–Trinajstić information content (AvgIpc) is 3.27. The molecule has 2 aliphatic carbocycles. The zero-order chi connectivity index (χ0) is 14.9. The summed E-state index contributed by atoms with van der Waals surface area (Å²) < 4.78 is 27.0. The minimum absolute atomic E-state index is 0.117. The van der Waals surface area contributed by atoms with E-state index in [1.54, 1.807) is 0 Å². The molecule has 0 bridgehead atoms. The molecule has 2 fully saturated rings. The summed E-state index contributed by atoms with van der Waals surface area (Å²) in [5, 5.41) is 13.6. The number of hydrogen-bond donors (Lipinski definition) is 2. The Kier molecular flexibility index (Phi) is 4.52. The molecule has 21 heavy (non-hydrogen) atoms. The lowest BCUT2D eigenvalue weighted by atomic mass is 9.82. The summed E-state index contributed by atoms with van der Waals surface area (Å²) >= 11 is 1.40. The highest BCUT2D eigenvalue weighted by Gasteiger charge is 2.40. The second kappa shape index (κ2) is 6.23. The van der Waals surface area contributed by atoms with Gasteiger partial charge in [-0.25, -0.2) is 8.78 Å². The molecule has 116 valence electrons. The van der Waals surface area contributed by atoms with Gasteiger partial charge < -0.3 is 10.4 Å². The van der Waals surface area contributed by atoms with Gasteiger partial charge >= 0.3 is 0 Å². The summed E-state index contributed by atoms with van der Waals surface area (Å²) in [5.74, 6) is -0.768. The quantitative estimate of drug-likeness (QED) is 0.873. The van der Waals surface area contributed by atoms with E-state index >= 15 is 0 Å². The first-order chi connectivity index (χ1) is 10.1. The van der Waals surface area contributed by atoms with E-state index in [4.69, 9.17) is 0 Å². The van der Waals surface area contributed by atoms with Gasteiger partial charge in [0, 0.05) is 21.7 Å². The maximum absolute atomic E-state index is 13.8. The van der Waals surface area contributed by atoms with Crippen molar-refractivity contribution in [2.24, 2.45) is 0 Å². The van der Waals surface area contributed by atoms with Crippen LogP contribution in [0.25, 0.3) is 0 Å². The molecule has 2 N–H and O–H groups in total. The number of nitrogens with one attached hydrogen (secondary N) is 1. The Balaban J connectivity index is 1.68. The van der Waals surface area contributed by atoms with E-state index in [0.717, 1.165) is 31.7 Å². The highest BCUT2D eigenvalue weighted by Crippen LogP contribution is 2.40. The molecule has 2 saturated carbocycles. The zero-order valence-corrected chi connectivity index (χ0v) is 12.8. The van der Waals surface area contributed by atoms with Crippen LogP contribution < -0.4 is 5.32 Å². The third-order valence-corrected chi connectivity index (χ3v) is 5.68. The largest absolute Gasteiger partial charge is 0.394 e. The summed E-state index contributed by atoms with van der Waals surface area (Å²) in [4.78, 5) is 0.375. The number of rotatable bonds is 5. The van der Waals surface area contributed by atoms with Crippen molar-refractivity contribution in [1.29, 1.82) is 0 Å². The molecular weight excluding hydrogens is 292 g/mol. The Morgan fingerprint density at radius 1 is 1.29 bits per heavy atom. The van der Waals surface area contributed by atoms with Crippen LogP contribution in [0.2, 0.25) is 0 Å². The van der Waals surface area contributed by atoms with Crippen molar-refractivity contribution < 1.29 is 13.9 Å². The Labute approximate surface area is 128 Å². The topological polar surface area (TPSA) is 32.3 Å². The molecule has 0 spiro atoms. The molecule has 0 saturated heterocycles. The van der Waals surface area contributed by atoms with Gasteiger partial charge in [0.15, 0.2) is 0 Å². The SMILES string of the molecule is OCC1(NC2CC2)CCCC(Sc2cc(F)ccc2F)C1. The molecular formula is C16H21F2NOS. The third kappa shape index (κ3) is 3.76.